The molecule has 96 valence electrons. The SMILES string of the molecule is Cc1ccc(-c2nc3ccc(Cl)nn3c2CO)cc1. The standard InChI is InChI=1S/C14H12ClN3O/c1-9-2-4-10(5-3-9)14-11(8-19)18-13(16-14)7-6-12(15)17-18/h2-7,19H,8H2,1H3. The summed E-state index contributed by atoms with van der Waals surface area (Å²) in [6.07, 6.45) is 0. The number of halogens is 1. The monoisotopic (exact) mass is 273 g/mol. The van der Waals surface area contributed by atoms with Gasteiger partial charge in [0.15, 0.2) is 5.65 Å². The molecule has 1 N–H and O–H groups in total. The quantitative estimate of drug-likeness (QED) is 0.781. The summed E-state index contributed by atoms with van der Waals surface area (Å²) in [5, 5.41) is 14.1. The molecular weight excluding hydrogens is 262 g/mol. The zero-order valence-corrected chi connectivity index (χ0v) is 11.1. The van der Waals surface area contributed by atoms with Crippen LogP contribution in [0, 0.1) is 6.92 Å². The Kier molecular flexibility index (Phi) is 2.97. The first-order valence-electron chi connectivity index (χ1n) is 5.91. The smallest absolute Gasteiger partial charge is 0.154 e. The van der Waals surface area contributed by atoms with E-state index in [2.05, 4.69) is 10.1 Å². The minimum atomic E-state index is -0.141. The summed E-state index contributed by atoms with van der Waals surface area (Å²) in [7, 11) is 0. The van der Waals surface area contributed by atoms with Crippen LogP contribution in [-0.2, 0) is 6.61 Å². The summed E-state index contributed by atoms with van der Waals surface area (Å²) in [4.78, 5) is 4.51. The zero-order valence-electron chi connectivity index (χ0n) is 10.3. The van der Waals surface area contributed by atoms with Gasteiger partial charge in [0.2, 0.25) is 0 Å². The van der Waals surface area contributed by atoms with E-state index in [4.69, 9.17) is 11.6 Å². The Morgan fingerprint density at radius 2 is 1.89 bits per heavy atom. The first-order valence-corrected chi connectivity index (χ1v) is 6.29. The zero-order chi connectivity index (χ0) is 13.4. The molecule has 0 aliphatic heterocycles. The van der Waals surface area contributed by atoms with Gasteiger partial charge in [-0.25, -0.2) is 9.50 Å². The van der Waals surface area contributed by atoms with Gasteiger partial charge in [0.25, 0.3) is 0 Å². The second kappa shape index (κ2) is 4.64. The predicted molar refractivity (Wildman–Crippen MR) is 74.1 cm³/mol. The molecule has 3 aromatic rings. The molecule has 0 aliphatic carbocycles. The van der Waals surface area contributed by atoms with Crippen molar-refractivity contribution in [3.05, 3.63) is 52.8 Å². The lowest BCUT2D eigenvalue weighted by Crippen LogP contribution is -1.98. The first kappa shape index (κ1) is 12.1. The lowest BCUT2D eigenvalue weighted by Gasteiger charge is -2.01. The van der Waals surface area contributed by atoms with Gasteiger partial charge in [0, 0.05) is 5.56 Å². The predicted octanol–water partition coefficient (Wildman–Crippen LogP) is 2.85. The molecule has 0 aliphatic rings. The van der Waals surface area contributed by atoms with Gasteiger partial charge in [0.1, 0.15) is 5.15 Å². The van der Waals surface area contributed by atoms with Gasteiger partial charge in [-0.3, -0.25) is 0 Å². The van der Waals surface area contributed by atoms with Crippen molar-refractivity contribution in [3.8, 4) is 11.3 Å². The maximum atomic E-state index is 9.57. The van der Waals surface area contributed by atoms with Gasteiger partial charge in [-0.05, 0) is 19.1 Å². The number of rotatable bonds is 2. The third-order valence-corrected chi connectivity index (χ3v) is 3.21. The maximum Gasteiger partial charge on any atom is 0.154 e. The van der Waals surface area contributed by atoms with Crippen LogP contribution in [0.2, 0.25) is 5.15 Å². The van der Waals surface area contributed by atoms with Gasteiger partial charge in [-0.2, -0.15) is 5.10 Å². The number of aryl methyl sites for hydroxylation is 1. The Morgan fingerprint density at radius 3 is 2.58 bits per heavy atom. The van der Waals surface area contributed by atoms with Gasteiger partial charge >= 0.3 is 0 Å². The minimum Gasteiger partial charge on any atom is -0.390 e. The van der Waals surface area contributed by atoms with E-state index in [1.165, 1.54) is 5.56 Å². The number of hydrogen-bond donors (Lipinski definition) is 1. The molecule has 0 unspecified atom stereocenters. The van der Waals surface area contributed by atoms with Crippen molar-refractivity contribution in [2.45, 2.75) is 13.5 Å². The van der Waals surface area contributed by atoms with Crippen LogP contribution in [0.3, 0.4) is 0 Å². The van der Waals surface area contributed by atoms with Crippen molar-refractivity contribution < 1.29 is 5.11 Å². The van der Waals surface area contributed by atoms with E-state index >= 15 is 0 Å². The molecule has 4 nitrogen and oxygen atoms in total. The summed E-state index contributed by atoms with van der Waals surface area (Å²) in [6, 6.07) is 11.5. The number of hydrogen-bond acceptors (Lipinski definition) is 3. The van der Waals surface area contributed by atoms with Crippen molar-refractivity contribution in [2.75, 3.05) is 0 Å². The number of aliphatic hydroxyl groups is 1. The molecule has 0 fully saturated rings. The lowest BCUT2D eigenvalue weighted by molar-refractivity contribution is 0.275. The Balaban J connectivity index is 2.25. The Hall–Kier alpha value is -1.91. The van der Waals surface area contributed by atoms with Gasteiger partial charge in [-0.15, -0.1) is 0 Å². The van der Waals surface area contributed by atoms with Gasteiger partial charge in [0.05, 0.1) is 18.0 Å². The van der Waals surface area contributed by atoms with Crippen molar-refractivity contribution in [3.63, 3.8) is 0 Å². The molecule has 1 aromatic carbocycles. The molecule has 0 saturated heterocycles. The summed E-state index contributed by atoms with van der Waals surface area (Å²) in [5.74, 6) is 0. The highest BCUT2D eigenvalue weighted by Gasteiger charge is 2.14. The summed E-state index contributed by atoms with van der Waals surface area (Å²) < 4.78 is 1.58. The molecule has 2 aromatic heterocycles. The average Bonchev–Trinajstić information content (AvgIpc) is 2.77. The fraction of sp³-hybridized carbons (Fsp3) is 0.143. The molecule has 19 heavy (non-hydrogen) atoms. The van der Waals surface area contributed by atoms with E-state index in [-0.39, 0.29) is 6.61 Å². The molecule has 0 spiro atoms. The molecule has 3 rings (SSSR count). The van der Waals surface area contributed by atoms with Crippen molar-refractivity contribution in [2.24, 2.45) is 0 Å². The number of imidazole rings is 1. The van der Waals surface area contributed by atoms with Crippen LogP contribution in [0.25, 0.3) is 16.9 Å². The summed E-state index contributed by atoms with van der Waals surface area (Å²) in [5.41, 5.74) is 4.18. The number of nitrogens with zero attached hydrogens (tertiary/aromatic N) is 3. The van der Waals surface area contributed by atoms with E-state index in [1.807, 2.05) is 31.2 Å². The Labute approximate surface area is 115 Å². The third kappa shape index (κ3) is 2.09. The minimum absolute atomic E-state index is 0.141. The average molecular weight is 274 g/mol. The number of aliphatic hydroxyl groups excluding tert-OH is 1. The highest BCUT2D eigenvalue weighted by molar-refractivity contribution is 6.29. The summed E-state index contributed by atoms with van der Waals surface area (Å²) >= 11 is 5.88. The molecule has 0 amide bonds. The van der Waals surface area contributed by atoms with Crippen LogP contribution in [0.4, 0.5) is 0 Å². The van der Waals surface area contributed by atoms with Crippen LogP contribution in [0.5, 0.6) is 0 Å². The Bertz CT molecular complexity index is 734. The van der Waals surface area contributed by atoms with Gasteiger partial charge < -0.3 is 5.11 Å². The van der Waals surface area contributed by atoms with Crippen LogP contribution >= 0.6 is 11.6 Å². The first-order chi connectivity index (χ1) is 9.19. The Morgan fingerprint density at radius 1 is 1.16 bits per heavy atom. The third-order valence-electron chi connectivity index (χ3n) is 3.01. The maximum absolute atomic E-state index is 9.57. The molecule has 0 saturated carbocycles. The number of benzene rings is 1. The largest absolute Gasteiger partial charge is 0.390 e. The normalized spacial score (nSPS) is 11.1. The second-order valence-corrected chi connectivity index (χ2v) is 4.74. The number of fused-ring (bicyclic) bond motifs is 1. The molecule has 5 heteroatoms. The van der Waals surface area contributed by atoms with E-state index in [1.54, 1.807) is 16.6 Å². The molecule has 0 radical (unpaired) electrons. The molecule has 0 bridgehead atoms. The second-order valence-electron chi connectivity index (χ2n) is 4.36. The fourth-order valence-corrected chi connectivity index (χ4v) is 2.18. The van der Waals surface area contributed by atoms with Crippen LogP contribution in [0.1, 0.15) is 11.3 Å². The van der Waals surface area contributed by atoms with E-state index < -0.39 is 0 Å². The topological polar surface area (TPSA) is 50.4 Å². The van der Waals surface area contributed by atoms with Crippen molar-refractivity contribution >= 4 is 17.2 Å². The highest BCUT2D eigenvalue weighted by atomic mass is 35.5. The van der Waals surface area contributed by atoms with Crippen LogP contribution in [0.15, 0.2) is 36.4 Å². The molecule has 0 atom stereocenters. The summed E-state index contributed by atoms with van der Waals surface area (Å²) in [6.45, 7) is 1.89. The van der Waals surface area contributed by atoms with Crippen molar-refractivity contribution in [1.82, 2.24) is 14.6 Å². The lowest BCUT2D eigenvalue weighted by atomic mass is 10.1. The highest BCUT2D eigenvalue weighted by Crippen LogP contribution is 2.24. The van der Waals surface area contributed by atoms with Gasteiger partial charge in [-0.1, -0.05) is 41.4 Å². The molecular formula is C14H12ClN3O. The fourth-order valence-electron chi connectivity index (χ4n) is 2.04. The van der Waals surface area contributed by atoms with E-state index in [0.29, 0.717) is 16.5 Å². The van der Waals surface area contributed by atoms with Crippen LogP contribution < -0.4 is 0 Å². The van der Waals surface area contributed by atoms with Crippen LogP contribution in [-0.4, -0.2) is 19.7 Å². The van der Waals surface area contributed by atoms with E-state index in [9.17, 15) is 5.11 Å². The van der Waals surface area contributed by atoms with E-state index in [0.717, 1.165) is 11.3 Å². The van der Waals surface area contributed by atoms with Crippen molar-refractivity contribution in [1.29, 1.82) is 0 Å². The number of aromatic nitrogens is 3. The molecule has 2 heterocycles.